The quantitative estimate of drug-likeness (QED) is 0.667. The number of amides is 1. The fraction of sp³-hybridized carbons (Fsp3) is 0.100. The highest BCUT2D eigenvalue weighted by atomic mass is 79.9. The second-order valence-electron chi connectivity index (χ2n) is 2.82. The number of hydrogen-bond donors (Lipinski definition) is 1. The molecule has 0 radical (unpaired) electrons. The van der Waals surface area contributed by atoms with E-state index in [1.54, 1.807) is 6.07 Å². The molecule has 0 atom stereocenters. The zero-order chi connectivity index (χ0) is 12.0. The van der Waals surface area contributed by atoms with E-state index in [4.69, 9.17) is 15.8 Å². The molecule has 16 heavy (non-hydrogen) atoms. The van der Waals surface area contributed by atoms with Crippen LogP contribution in [0.5, 0.6) is 0 Å². The molecule has 0 unspecified atom stereocenters. The van der Waals surface area contributed by atoms with Gasteiger partial charge >= 0.3 is 0 Å². The third-order valence-corrected chi connectivity index (χ3v) is 2.11. The van der Waals surface area contributed by atoms with Crippen molar-refractivity contribution in [3.63, 3.8) is 0 Å². The van der Waals surface area contributed by atoms with Crippen LogP contribution in [0.2, 0.25) is 0 Å². The highest BCUT2D eigenvalue weighted by Gasteiger charge is 2.05. The number of rotatable bonds is 4. The Balaban J connectivity index is 2.59. The van der Waals surface area contributed by atoms with Gasteiger partial charge in [-0.2, -0.15) is 5.26 Å². The van der Waals surface area contributed by atoms with E-state index >= 15 is 0 Å². The van der Waals surface area contributed by atoms with Crippen molar-refractivity contribution in [1.29, 1.82) is 5.26 Å². The molecule has 0 aliphatic carbocycles. The maximum atomic E-state index is 10.6. The summed E-state index contributed by atoms with van der Waals surface area (Å²) >= 11 is 3.30. The van der Waals surface area contributed by atoms with Crippen LogP contribution in [-0.2, 0) is 16.2 Å². The van der Waals surface area contributed by atoms with Gasteiger partial charge in [-0.1, -0.05) is 33.2 Å². The molecule has 1 rings (SSSR count). The number of benzene rings is 1. The number of carbonyl (C=O) groups is 1. The monoisotopic (exact) mass is 281 g/mol. The molecule has 2 N–H and O–H groups in total. The molecule has 0 heterocycles. The van der Waals surface area contributed by atoms with E-state index in [1.165, 1.54) is 0 Å². The highest BCUT2D eigenvalue weighted by Crippen LogP contribution is 2.12. The van der Waals surface area contributed by atoms with Gasteiger partial charge in [0.15, 0.2) is 0 Å². The summed E-state index contributed by atoms with van der Waals surface area (Å²) in [5.41, 5.74) is 5.28. The summed E-state index contributed by atoms with van der Waals surface area (Å²) in [4.78, 5) is 15.4. The molecule has 0 saturated heterocycles. The summed E-state index contributed by atoms with van der Waals surface area (Å²) in [6.07, 6.45) is 0. The second kappa shape index (κ2) is 5.88. The number of nitriles is 1. The van der Waals surface area contributed by atoms with Crippen molar-refractivity contribution in [2.75, 3.05) is 0 Å². The summed E-state index contributed by atoms with van der Waals surface area (Å²) in [6.45, 7) is 0.165. The molecule has 0 aromatic heterocycles. The summed E-state index contributed by atoms with van der Waals surface area (Å²) in [7, 11) is 0. The molecule has 0 aliphatic heterocycles. The van der Waals surface area contributed by atoms with Crippen molar-refractivity contribution in [3.8, 4) is 6.07 Å². The number of carbonyl (C=O) groups excluding carboxylic acids is 1. The maximum absolute atomic E-state index is 10.6. The first-order valence-electron chi connectivity index (χ1n) is 4.28. The normalized spacial score (nSPS) is 10.6. The van der Waals surface area contributed by atoms with Crippen molar-refractivity contribution < 1.29 is 9.63 Å². The molecule has 82 valence electrons. The van der Waals surface area contributed by atoms with Crippen LogP contribution in [0.25, 0.3) is 0 Å². The zero-order valence-corrected chi connectivity index (χ0v) is 9.77. The smallest absolute Gasteiger partial charge is 0.281 e. The van der Waals surface area contributed by atoms with Crippen LogP contribution in [0, 0.1) is 11.3 Å². The van der Waals surface area contributed by atoms with Crippen molar-refractivity contribution >= 4 is 27.5 Å². The number of nitrogens with two attached hydrogens (primary N) is 1. The molecule has 5 nitrogen and oxygen atoms in total. The minimum Gasteiger partial charge on any atom is -0.390 e. The van der Waals surface area contributed by atoms with Crippen molar-refractivity contribution in [2.45, 2.75) is 6.61 Å². The lowest BCUT2D eigenvalue weighted by Crippen LogP contribution is -2.21. The Labute approximate surface area is 101 Å². The third-order valence-electron chi connectivity index (χ3n) is 1.62. The zero-order valence-electron chi connectivity index (χ0n) is 8.18. The Morgan fingerprint density at radius 1 is 1.62 bits per heavy atom. The van der Waals surface area contributed by atoms with Crippen LogP contribution in [-0.4, -0.2) is 11.6 Å². The van der Waals surface area contributed by atoms with Gasteiger partial charge in [-0.05, 0) is 17.7 Å². The molecule has 0 spiro atoms. The fourth-order valence-electron chi connectivity index (χ4n) is 0.919. The van der Waals surface area contributed by atoms with Gasteiger partial charge in [0.2, 0.25) is 5.71 Å². The van der Waals surface area contributed by atoms with Crippen LogP contribution in [0.15, 0.2) is 33.9 Å². The van der Waals surface area contributed by atoms with Gasteiger partial charge in [-0.15, -0.1) is 0 Å². The predicted molar refractivity (Wildman–Crippen MR) is 61.2 cm³/mol. The molecule has 1 amide bonds. The van der Waals surface area contributed by atoms with Gasteiger partial charge < -0.3 is 10.6 Å². The molecule has 0 bridgehead atoms. The lowest BCUT2D eigenvalue weighted by molar-refractivity contribution is -0.112. The van der Waals surface area contributed by atoms with E-state index in [1.807, 2.05) is 24.3 Å². The largest absolute Gasteiger partial charge is 0.390 e. The molecule has 6 heteroatoms. The van der Waals surface area contributed by atoms with E-state index in [0.29, 0.717) is 0 Å². The van der Waals surface area contributed by atoms with E-state index < -0.39 is 11.6 Å². The summed E-state index contributed by atoms with van der Waals surface area (Å²) in [5.74, 6) is -0.906. The third kappa shape index (κ3) is 3.71. The number of halogens is 1. The average Bonchev–Trinajstić information content (AvgIpc) is 2.24. The van der Waals surface area contributed by atoms with Crippen LogP contribution in [0.3, 0.4) is 0 Å². The standard InChI is InChI=1S/C10H8BrN3O2/c11-8-3-1-2-7(4-8)6-16-14-9(5-12)10(13)15/h1-4H,6H2,(H2,13,15)/b14-9-. The van der Waals surface area contributed by atoms with E-state index in [0.717, 1.165) is 10.0 Å². The van der Waals surface area contributed by atoms with Gasteiger partial charge in [0.05, 0.1) is 0 Å². The highest BCUT2D eigenvalue weighted by molar-refractivity contribution is 9.10. The summed E-state index contributed by atoms with van der Waals surface area (Å²) in [6, 6.07) is 8.92. The maximum Gasteiger partial charge on any atom is 0.281 e. The average molecular weight is 282 g/mol. The first-order chi connectivity index (χ1) is 7.63. The van der Waals surface area contributed by atoms with Crippen LogP contribution in [0.4, 0.5) is 0 Å². The summed E-state index contributed by atoms with van der Waals surface area (Å²) in [5, 5.41) is 11.8. The molecule has 0 aliphatic rings. The van der Waals surface area contributed by atoms with Crippen molar-refractivity contribution in [2.24, 2.45) is 10.9 Å². The second-order valence-corrected chi connectivity index (χ2v) is 3.73. The van der Waals surface area contributed by atoms with Crippen LogP contribution < -0.4 is 5.73 Å². The fourth-order valence-corrected chi connectivity index (χ4v) is 1.37. The van der Waals surface area contributed by atoms with Gasteiger partial charge in [-0.25, -0.2) is 0 Å². The molecular weight excluding hydrogens is 274 g/mol. The van der Waals surface area contributed by atoms with Crippen LogP contribution >= 0.6 is 15.9 Å². The molecular formula is C10H8BrN3O2. The number of nitrogens with zero attached hydrogens (tertiary/aromatic N) is 2. The topological polar surface area (TPSA) is 88.5 Å². The minimum atomic E-state index is -0.906. The number of oxime groups is 1. The first-order valence-corrected chi connectivity index (χ1v) is 5.07. The van der Waals surface area contributed by atoms with E-state index in [9.17, 15) is 4.79 Å². The number of hydrogen-bond acceptors (Lipinski definition) is 4. The van der Waals surface area contributed by atoms with Crippen molar-refractivity contribution in [1.82, 2.24) is 0 Å². The molecule has 0 saturated carbocycles. The van der Waals surface area contributed by atoms with E-state index in [2.05, 4.69) is 21.1 Å². The molecule has 1 aromatic rings. The van der Waals surface area contributed by atoms with E-state index in [-0.39, 0.29) is 6.61 Å². The Hall–Kier alpha value is -1.87. The minimum absolute atomic E-state index is 0.165. The van der Waals surface area contributed by atoms with Gasteiger partial charge in [0.25, 0.3) is 5.91 Å². The lowest BCUT2D eigenvalue weighted by atomic mass is 10.2. The Morgan fingerprint density at radius 2 is 2.38 bits per heavy atom. The SMILES string of the molecule is N#C/C(=N/OCc1cccc(Br)c1)C(N)=O. The Kier molecular flexibility index (Phi) is 4.48. The van der Waals surface area contributed by atoms with Crippen molar-refractivity contribution in [3.05, 3.63) is 34.3 Å². The van der Waals surface area contributed by atoms with Gasteiger partial charge in [-0.3, -0.25) is 4.79 Å². The van der Waals surface area contributed by atoms with Gasteiger partial charge in [0.1, 0.15) is 12.7 Å². The summed E-state index contributed by atoms with van der Waals surface area (Å²) < 4.78 is 0.910. The van der Waals surface area contributed by atoms with Crippen LogP contribution in [0.1, 0.15) is 5.56 Å². The number of primary amides is 1. The Morgan fingerprint density at radius 3 is 2.94 bits per heavy atom. The Bertz CT molecular complexity index is 465. The van der Waals surface area contributed by atoms with Gasteiger partial charge in [0, 0.05) is 4.47 Å². The molecule has 0 fully saturated rings. The lowest BCUT2D eigenvalue weighted by Gasteiger charge is -2.00. The molecule has 1 aromatic carbocycles. The predicted octanol–water partition coefficient (Wildman–Crippen LogP) is 1.33. The first kappa shape index (κ1) is 12.2.